The van der Waals surface area contributed by atoms with Crippen LogP contribution in [0, 0.1) is 27.7 Å². The number of carbonyl (C=O) groups is 2. The van der Waals surface area contributed by atoms with Crippen LogP contribution < -0.4 is 4.90 Å². The van der Waals surface area contributed by atoms with Crippen LogP contribution in [0.2, 0.25) is 0 Å². The van der Waals surface area contributed by atoms with Gasteiger partial charge >= 0.3 is 5.97 Å². The van der Waals surface area contributed by atoms with Gasteiger partial charge in [-0.1, -0.05) is 6.07 Å². The molecule has 1 amide bonds. The van der Waals surface area contributed by atoms with Gasteiger partial charge in [0.2, 0.25) is 5.91 Å². The SMILES string of the molecule is CC(=O)N(c1ccc(C)c(C)c1)c1nc(COC(=O)Cc2nc3nc(C)cc(C)n3n2)cs1. The molecule has 33 heavy (non-hydrogen) atoms. The van der Waals surface area contributed by atoms with Gasteiger partial charge in [0.15, 0.2) is 11.0 Å². The van der Waals surface area contributed by atoms with Crippen LogP contribution in [0.4, 0.5) is 10.8 Å². The Balaban J connectivity index is 1.42. The number of rotatable bonds is 6. The van der Waals surface area contributed by atoms with E-state index in [9.17, 15) is 9.59 Å². The largest absolute Gasteiger partial charge is 0.459 e. The third-order valence-corrected chi connectivity index (χ3v) is 6.01. The molecule has 0 bridgehead atoms. The molecule has 0 unspecified atom stereocenters. The fourth-order valence-electron chi connectivity index (χ4n) is 3.37. The number of benzene rings is 1. The number of amides is 1. The number of hydrogen-bond acceptors (Lipinski definition) is 8. The molecule has 170 valence electrons. The first kappa shape index (κ1) is 22.5. The Kier molecular flexibility index (Phi) is 6.19. The van der Waals surface area contributed by atoms with E-state index in [-0.39, 0.29) is 18.9 Å². The summed E-state index contributed by atoms with van der Waals surface area (Å²) in [6, 6.07) is 7.72. The van der Waals surface area contributed by atoms with Crippen LogP contribution in [0.1, 0.15) is 41.0 Å². The lowest BCUT2D eigenvalue weighted by atomic mass is 10.1. The zero-order valence-electron chi connectivity index (χ0n) is 19.1. The highest BCUT2D eigenvalue weighted by molar-refractivity contribution is 7.14. The first-order chi connectivity index (χ1) is 15.7. The van der Waals surface area contributed by atoms with Crippen LogP contribution in [-0.2, 0) is 27.4 Å². The number of anilines is 2. The predicted octanol–water partition coefficient (Wildman–Crippen LogP) is 3.78. The van der Waals surface area contributed by atoms with Crippen LogP contribution in [0.5, 0.6) is 0 Å². The van der Waals surface area contributed by atoms with E-state index in [4.69, 9.17) is 4.74 Å². The molecule has 9 nitrogen and oxygen atoms in total. The summed E-state index contributed by atoms with van der Waals surface area (Å²) in [7, 11) is 0. The third kappa shape index (κ3) is 4.90. The monoisotopic (exact) mass is 464 g/mol. The highest BCUT2D eigenvalue weighted by Crippen LogP contribution is 2.30. The molecule has 0 fully saturated rings. The van der Waals surface area contributed by atoms with Gasteiger partial charge in [-0.15, -0.1) is 16.4 Å². The average Bonchev–Trinajstić information content (AvgIpc) is 3.36. The van der Waals surface area contributed by atoms with E-state index in [2.05, 4.69) is 20.1 Å². The van der Waals surface area contributed by atoms with Gasteiger partial charge in [0.25, 0.3) is 5.78 Å². The maximum absolute atomic E-state index is 12.3. The van der Waals surface area contributed by atoms with E-state index < -0.39 is 5.97 Å². The quantitative estimate of drug-likeness (QED) is 0.400. The molecule has 0 spiro atoms. The molecule has 0 N–H and O–H groups in total. The van der Waals surface area contributed by atoms with E-state index in [1.54, 1.807) is 14.8 Å². The second kappa shape index (κ2) is 9.07. The fourth-order valence-corrected chi connectivity index (χ4v) is 4.25. The number of hydrogen-bond donors (Lipinski definition) is 0. The maximum Gasteiger partial charge on any atom is 0.313 e. The van der Waals surface area contributed by atoms with Gasteiger partial charge in [0, 0.05) is 23.7 Å². The lowest BCUT2D eigenvalue weighted by molar-refractivity contribution is -0.144. The van der Waals surface area contributed by atoms with Gasteiger partial charge < -0.3 is 4.74 Å². The molecule has 0 aliphatic rings. The number of aryl methyl sites for hydroxylation is 4. The summed E-state index contributed by atoms with van der Waals surface area (Å²) < 4.78 is 6.97. The van der Waals surface area contributed by atoms with Crippen molar-refractivity contribution in [2.45, 2.75) is 47.6 Å². The summed E-state index contributed by atoms with van der Waals surface area (Å²) in [5.74, 6) is 0.188. The molecule has 0 atom stereocenters. The van der Waals surface area contributed by atoms with E-state index in [1.807, 2.05) is 52.0 Å². The second-order valence-electron chi connectivity index (χ2n) is 7.86. The molecule has 1 aromatic carbocycles. The smallest absolute Gasteiger partial charge is 0.313 e. The number of nitrogens with zero attached hydrogens (tertiary/aromatic N) is 6. The Bertz CT molecular complexity index is 1360. The number of carbonyl (C=O) groups excluding carboxylic acids is 2. The second-order valence-corrected chi connectivity index (χ2v) is 8.70. The molecule has 0 aliphatic heterocycles. The molecular formula is C23H24N6O3S. The van der Waals surface area contributed by atoms with Gasteiger partial charge in [-0.05, 0) is 57.0 Å². The van der Waals surface area contributed by atoms with Crippen molar-refractivity contribution in [3.63, 3.8) is 0 Å². The van der Waals surface area contributed by atoms with Gasteiger partial charge in [0.1, 0.15) is 13.0 Å². The van der Waals surface area contributed by atoms with E-state index in [0.29, 0.717) is 22.4 Å². The number of aromatic nitrogens is 5. The first-order valence-electron chi connectivity index (χ1n) is 10.4. The van der Waals surface area contributed by atoms with E-state index in [0.717, 1.165) is 28.2 Å². The number of fused-ring (bicyclic) bond motifs is 1. The Hall–Kier alpha value is -3.66. The van der Waals surface area contributed by atoms with Crippen molar-refractivity contribution in [2.75, 3.05) is 4.90 Å². The van der Waals surface area contributed by atoms with Crippen LogP contribution >= 0.6 is 11.3 Å². The molecule has 3 heterocycles. The van der Waals surface area contributed by atoms with Crippen LogP contribution in [0.15, 0.2) is 29.6 Å². The average molecular weight is 465 g/mol. The molecule has 3 aromatic heterocycles. The van der Waals surface area contributed by atoms with Crippen molar-refractivity contribution in [3.05, 3.63) is 63.7 Å². The molecule has 0 radical (unpaired) electrons. The highest BCUT2D eigenvalue weighted by Gasteiger charge is 2.19. The number of thiazole rings is 1. The van der Waals surface area contributed by atoms with Gasteiger partial charge in [-0.25, -0.2) is 14.5 Å². The topological polar surface area (TPSA) is 103 Å². The summed E-state index contributed by atoms with van der Waals surface area (Å²) in [5, 5.41) is 6.63. The van der Waals surface area contributed by atoms with Crippen molar-refractivity contribution in [1.29, 1.82) is 0 Å². The lowest BCUT2D eigenvalue weighted by Gasteiger charge is -2.19. The minimum Gasteiger partial charge on any atom is -0.459 e. The molecule has 10 heteroatoms. The van der Waals surface area contributed by atoms with Crippen molar-refractivity contribution in [1.82, 2.24) is 24.6 Å². The van der Waals surface area contributed by atoms with Gasteiger partial charge in [-0.2, -0.15) is 4.98 Å². The Morgan fingerprint density at radius 3 is 2.58 bits per heavy atom. The fraction of sp³-hybridized carbons (Fsp3) is 0.304. The molecule has 0 aliphatic carbocycles. The molecule has 0 saturated heterocycles. The minimum atomic E-state index is -0.465. The zero-order chi connectivity index (χ0) is 23.7. The van der Waals surface area contributed by atoms with Crippen LogP contribution in [0.25, 0.3) is 5.78 Å². The van der Waals surface area contributed by atoms with Crippen molar-refractivity contribution in [3.8, 4) is 0 Å². The molecular weight excluding hydrogens is 440 g/mol. The van der Waals surface area contributed by atoms with Crippen molar-refractivity contribution < 1.29 is 14.3 Å². The van der Waals surface area contributed by atoms with Crippen LogP contribution in [-0.4, -0.2) is 36.4 Å². The summed E-state index contributed by atoms with van der Waals surface area (Å²) in [6.45, 7) is 9.30. The number of esters is 1. The van der Waals surface area contributed by atoms with Crippen molar-refractivity contribution >= 4 is 39.8 Å². The maximum atomic E-state index is 12.3. The Morgan fingerprint density at radius 1 is 1.06 bits per heavy atom. The summed E-state index contributed by atoms with van der Waals surface area (Å²) in [6.07, 6.45) is -0.0684. The minimum absolute atomic E-state index is 0.00222. The third-order valence-electron chi connectivity index (χ3n) is 5.14. The van der Waals surface area contributed by atoms with E-state index >= 15 is 0 Å². The lowest BCUT2D eigenvalue weighted by Crippen LogP contribution is -2.22. The normalized spacial score (nSPS) is 11.1. The van der Waals surface area contributed by atoms with Gasteiger partial charge in [0.05, 0.1) is 11.4 Å². The predicted molar refractivity (Wildman–Crippen MR) is 125 cm³/mol. The zero-order valence-corrected chi connectivity index (χ0v) is 19.9. The summed E-state index contributed by atoms with van der Waals surface area (Å²) in [5.41, 5.74) is 5.27. The standard InChI is InChI=1S/C23H24N6O3S/c1-13-6-7-19(8-14(13)2)28(17(5)30)23-25-18(12-33-23)11-32-21(31)10-20-26-22-24-15(3)9-16(4)29(22)27-20/h6-9,12H,10-11H2,1-5H3. The Labute approximate surface area is 195 Å². The van der Waals surface area contributed by atoms with Crippen LogP contribution in [0.3, 0.4) is 0 Å². The summed E-state index contributed by atoms with van der Waals surface area (Å²) in [4.78, 5) is 39.3. The van der Waals surface area contributed by atoms with Crippen molar-refractivity contribution in [2.24, 2.45) is 0 Å². The first-order valence-corrected chi connectivity index (χ1v) is 11.3. The molecule has 4 aromatic rings. The highest BCUT2D eigenvalue weighted by atomic mass is 32.1. The number of ether oxygens (including phenoxy) is 1. The summed E-state index contributed by atoms with van der Waals surface area (Å²) >= 11 is 1.32. The molecule has 4 rings (SSSR count). The Morgan fingerprint density at radius 2 is 1.85 bits per heavy atom. The molecule has 0 saturated carbocycles. The van der Waals surface area contributed by atoms with E-state index in [1.165, 1.54) is 18.3 Å². The van der Waals surface area contributed by atoms with Gasteiger partial charge in [-0.3, -0.25) is 14.5 Å².